The maximum absolute atomic E-state index is 15.2. The third kappa shape index (κ3) is 5.76. The van der Waals surface area contributed by atoms with Crippen molar-refractivity contribution in [3.8, 4) is 11.1 Å². The highest BCUT2D eigenvalue weighted by atomic mass is 32.2. The molecule has 1 fully saturated rings. The minimum absolute atomic E-state index is 0.0355. The van der Waals surface area contributed by atoms with Gasteiger partial charge in [0.1, 0.15) is 17.5 Å². The van der Waals surface area contributed by atoms with E-state index in [9.17, 15) is 27.2 Å². The average molecular weight is 623 g/mol. The molecule has 2 aliphatic rings. The molecule has 3 heterocycles. The minimum Gasteiger partial charge on any atom is -0.375 e. The standard InChI is InChI=1S/C30H31F5N4O3S/c1-5-9-42-19-14-38-26-21(28(36-29(38)41)37-12-16(3)39(17(4)13-37)24(40)6-2)11-22(30(33,34)35)25(27(26)43-15-19)20-8-7-18(31)10-23(20)32/h6-8,10-11,16-17,19H,2,5,9,12-15H2,1,3-4H3/t16-,17+,19?. The summed E-state index contributed by atoms with van der Waals surface area (Å²) in [5.74, 6) is -2.12. The lowest BCUT2D eigenvalue weighted by molar-refractivity contribution is -0.137. The molecule has 1 aromatic heterocycles. The molecule has 13 heteroatoms. The van der Waals surface area contributed by atoms with E-state index in [1.807, 2.05) is 6.92 Å². The Balaban J connectivity index is 1.81. The maximum Gasteiger partial charge on any atom is 0.417 e. The molecule has 230 valence electrons. The lowest BCUT2D eigenvalue weighted by Gasteiger charge is -2.44. The van der Waals surface area contributed by atoms with Gasteiger partial charge in [0.25, 0.3) is 0 Å². The van der Waals surface area contributed by atoms with Crippen LogP contribution in [0.15, 0.2) is 46.6 Å². The second-order valence-corrected chi connectivity index (χ2v) is 11.9. The minimum atomic E-state index is -4.93. The van der Waals surface area contributed by atoms with Crippen molar-refractivity contribution in [1.29, 1.82) is 0 Å². The Hall–Kier alpha value is -3.45. The monoisotopic (exact) mass is 622 g/mol. The molecule has 2 aliphatic heterocycles. The van der Waals surface area contributed by atoms with Crippen LogP contribution in [0.25, 0.3) is 22.0 Å². The van der Waals surface area contributed by atoms with Gasteiger partial charge in [0.2, 0.25) is 5.91 Å². The fraction of sp³-hybridized carbons (Fsp3) is 0.433. The molecule has 0 spiro atoms. The number of piperazine rings is 1. The van der Waals surface area contributed by atoms with Gasteiger partial charge < -0.3 is 14.5 Å². The van der Waals surface area contributed by atoms with Crippen molar-refractivity contribution in [2.75, 3.05) is 30.3 Å². The van der Waals surface area contributed by atoms with E-state index in [-0.39, 0.29) is 65.0 Å². The quantitative estimate of drug-likeness (QED) is 0.253. The molecular formula is C30H31F5N4O3S. The second-order valence-electron chi connectivity index (χ2n) is 10.8. The van der Waals surface area contributed by atoms with Gasteiger partial charge in [-0.25, -0.2) is 13.6 Å². The first-order valence-electron chi connectivity index (χ1n) is 13.9. The average Bonchev–Trinajstić information content (AvgIpc) is 3.13. The predicted molar refractivity (Wildman–Crippen MR) is 155 cm³/mol. The molecule has 1 unspecified atom stereocenters. The number of carbonyl (C=O) groups excluding carboxylic acids is 1. The molecular weight excluding hydrogens is 591 g/mol. The molecule has 0 bridgehead atoms. The Labute approximate surface area is 249 Å². The van der Waals surface area contributed by atoms with Crippen LogP contribution in [0.2, 0.25) is 0 Å². The number of anilines is 1. The molecule has 5 rings (SSSR count). The number of hydrogen-bond acceptors (Lipinski definition) is 6. The van der Waals surface area contributed by atoms with Crippen LogP contribution >= 0.6 is 11.8 Å². The van der Waals surface area contributed by atoms with Crippen LogP contribution in [0.3, 0.4) is 0 Å². The highest BCUT2D eigenvalue weighted by Gasteiger charge is 2.40. The summed E-state index contributed by atoms with van der Waals surface area (Å²) in [4.78, 5) is 33.8. The number of rotatable bonds is 6. The van der Waals surface area contributed by atoms with E-state index in [1.54, 1.807) is 23.6 Å². The Bertz CT molecular complexity index is 1630. The highest BCUT2D eigenvalue weighted by Crippen LogP contribution is 2.49. The van der Waals surface area contributed by atoms with Crippen molar-refractivity contribution in [2.24, 2.45) is 0 Å². The number of thioether (sulfide) groups is 1. The Morgan fingerprint density at radius 1 is 1.16 bits per heavy atom. The van der Waals surface area contributed by atoms with E-state index in [1.165, 1.54) is 10.6 Å². The number of aromatic nitrogens is 2. The normalized spacial score (nSPS) is 20.8. The molecule has 43 heavy (non-hydrogen) atoms. The van der Waals surface area contributed by atoms with Crippen molar-refractivity contribution < 1.29 is 31.5 Å². The van der Waals surface area contributed by atoms with Crippen LogP contribution in [0.5, 0.6) is 0 Å². The fourth-order valence-electron chi connectivity index (χ4n) is 5.98. The molecule has 0 radical (unpaired) electrons. The summed E-state index contributed by atoms with van der Waals surface area (Å²) in [6, 6.07) is 2.61. The van der Waals surface area contributed by atoms with Gasteiger partial charge in [-0.1, -0.05) is 13.5 Å². The summed E-state index contributed by atoms with van der Waals surface area (Å²) in [5.41, 5.74) is -2.53. The summed E-state index contributed by atoms with van der Waals surface area (Å²) in [6.07, 6.45) is -3.56. The van der Waals surface area contributed by atoms with Crippen LogP contribution in [0.4, 0.5) is 27.8 Å². The van der Waals surface area contributed by atoms with Gasteiger partial charge in [-0.3, -0.25) is 9.36 Å². The summed E-state index contributed by atoms with van der Waals surface area (Å²) in [6.45, 7) is 9.89. The van der Waals surface area contributed by atoms with Gasteiger partial charge in [0.15, 0.2) is 0 Å². The zero-order valence-corrected chi connectivity index (χ0v) is 24.7. The summed E-state index contributed by atoms with van der Waals surface area (Å²) in [7, 11) is 0. The van der Waals surface area contributed by atoms with Crippen molar-refractivity contribution in [3.05, 3.63) is 64.6 Å². The van der Waals surface area contributed by atoms with Gasteiger partial charge in [0.05, 0.1) is 23.7 Å². The Morgan fingerprint density at radius 2 is 1.86 bits per heavy atom. The second kappa shape index (κ2) is 11.9. The van der Waals surface area contributed by atoms with Crippen LogP contribution in [0, 0.1) is 11.6 Å². The summed E-state index contributed by atoms with van der Waals surface area (Å²) < 4.78 is 80.7. The molecule has 0 saturated carbocycles. The number of amides is 1. The number of alkyl halides is 3. The van der Waals surface area contributed by atoms with Gasteiger partial charge in [-0.15, -0.1) is 11.8 Å². The number of benzene rings is 2. The Kier molecular flexibility index (Phi) is 8.59. The van der Waals surface area contributed by atoms with E-state index in [2.05, 4.69) is 11.6 Å². The predicted octanol–water partition coefficient (Wildman–Crippen LogP) is 5.87. The smallest absolute Gasteiger partial charge is 0.375 e. The largest absolute Gasteiger partial charge is 0.417 e. The van der Waals surface area contributed by atoms with E-state index in [0.717, 1.165) is 30.0 Å². The van der Waals surface area contributed by atoms with E-state index in [4.69, 9.17) is 4.74 Å². The lowest BCUT2D eigenvalue weighted by Crippen LogP contribution is -2.58. The van der Waals surface area contributed by atoms with Gasteiger partial charge >= 0.3 is 11.9 Å². The van der Waals surface area contributed by atoms with Gasteiger partial charge in [0, 0.05) is 65.0 Å². The molecule has 7 nitrogen and oxygen atoms in total. The SMILES string of the molecule is C=CC(=O)N1[C@H](C)CN(c2nc(=O)n3c4c(c(-c5ccc(F)cc5F)c(C(F)(F)F)cc24)SCC(OCCC)C3)C[C@@H]1C. The van der Waals surface area contributed by atoms with E-state index < -0.39 is 46.3 Å². The van der Waals surface area contributed by atoms with Crippen molar-refractivity contribution in [1.82, 2.24) is 14.5 Å². The molecule has 0 aliphatic carbocycles. The van der Waals surface area contributed by atoms with E-state index >= 15 is 4.39 Å². The van der Waals surface area contributed by atoms with Crippen LogP contribution < -0.4 is 10.6 Å². The summed E-state index contributed by atoms with van der Waals surface area (Å²) in [5, 5.41) is 0.0692. The van der Waals surface area contributed by atoms with Crippen molar-refractivity contribution >= 4 is 34.4 Å². The third-order valence-electron chi connectivity index (χ3n) is 7.71. The number of nitrogens with zero attached hydrogens (tertiary/aromatic N) is 4. The van der Waals surface area contributed by atoms with Crippen molar-refractivity contribution in [3.63, 3.8) is 0 Å². The zero-order chi connectivity index (χ0) is 31.2. The first kappa shape index (κ1) is 31.0. The zero-order valence-electron chi connectivity index (χ0n) is 23.9. The number of ether oxygens (including phenoxy) is 1. The third-order valence-corrected chi connectivity index (χ3v) is 8.93. The molecule has 2 aromatic carbocycles. The van der Waals surface area contributed by atoms with Crippen molar-refractivity contribution in [2.45, 2.75) is 63.0 Å². The first-order chi connectivity index (χ1) is 20.3. The topological polar surface area (TPSA) is 67.7 Å². The molecule has 1 saturated heterocycles. The number of halogens is 5. The molecule has 3 atom stereocenters. The van der Waals surface area contributed by atoms with Gasteiger partial charge in [-0.05, 0) is 44.5 Å². The lowest BCUT2D eigenvalue weighted by atomic mass is 9.95. The van der Waals surface area contributed by atoms with Gasteiger partial charge in [-0.2, -0.15) is 18.2 Å². The van der Waals surface area contributed by atoms with Crippen LogP contribution in [-0.4, -0.2) is 64.0 Å². The molecule has 0 N–H and O–H groups in total. The van der Waals surface area contributed by atoms with E-state index in [0.29, 0.717) is 19.1 Å². The summed E-state index contributed by atoms with van der Waals surface area (Å²) >= 11 is 1.04. The number of hydrogen-bond donors (Lipinski definition) is 0. The molecule has 3 aromatic rings. The number of carbonyl (C=O) groups is 1. The fourth-order valence-corrected chi connectivity index (χ4v) is 7.26. The Morgan fingerprint density at radius 3 is 2.47 bits per heavy atom. The maximum atomic E-state index is 15.2. The molecule has 1 amide bonds. The highest BCUT2D eigenvalue weighted by molar-refractivity contribution is 7.99. The first-order valence-corrected chi connectivity index (χ1v) is 14.9. The van der Waals surface area contributed by atoms with Crippen LogP contribution in [-0.2, 0) is 22.3 Å². The van der Waals surface area contributed by atoms with Crippen LogP contribution in [0.1, 0.15) is 32.8 Å².